The van der Waals surface area contributed by atoms with E-state index in [9.17, 15) is 9.59 Å². The summed E-state index contributed by atoms with van der Waals surface area (Å²) in [6.45, 7) is 2.36. The summed E-state index contributed by atoms with van der Waals surface area (Å²) in [5, 5.41) is 0.366. The van der Waals surface area contributed by atoms with Gasteiger partial charge in [-0.1, -0.05) is 54.9 Å². The van der Waals surface area contributed by atoms with E-state index in [-0.39, 0.29) is 11.1 Å². The third-order valence-corrected chi connectivity index (χ3v) is 6.32. The molecule has 0 aromatic heterocycles. The van der Waals surface area contributed by atoms with Crippen LogP contribution in [0.2, 0.25) is 5.02 Å². The Kier molecular flexibility index (Phi) is 7.06. The van der Waals surface area contributed by atoms with E-state index in [1.165, 1.54) is 4.90 Å². The fraction of sp³-hybridized carbons (Fsp3) is 0.154. The minimum Gasteiger partial charge on any atom is -0.493 e. The topological polar surface area (TPSA) is 55.8 Å². The zero-order valence-corrected chi connectivity index (χ0v) is 19.8. The number of ether oxygens (including phenoxy) is 2. The molecule has 0 radical (unpaired) electrons. The molecule has 0 saturated carbocycles. The van der Waals surface area contributed by atoms with E-state index in [4.69, 9.17) is 21.1 Å². The third kappa shape index (κ3) is 5.07. The van der Waals surface area contributed by atoms with E-state index in [0.29, 0.717) is 33.7 Å². The second-order valence-corrected chi connectivity index (χ2v) is 8.75. The molecule has 0 bridgehead atoms. The van der Waals surface area contributed by atoms with E-state index in [1.54, 1.807) is 31.4 Å². The van der Waals surface area contributed by atoms with Crippen LogP contribution < -0.4 is 14.4 Å². The number of nitrogens with zero attached hydrogens (tertiary/aromatic N) is 1. The van der Waals surface area contributed by atoms with Gasteiger partial charge in [-0.15, -0.1) is 0 Å². The zero-order chi connectivity index (χ0) is 23.4. The van der Waals surface area contributed by atoms with Gasteiger partial charge in [0, 0.05) is 5.02 Å². The number of aryl methyl sites for hydroxylation is 1. The van der Waals surface area contributed by atoms with E-state index >= 15 is 0 Å². The van der Waals surface area contributed by atoms with Gasteiger partial charge in [-0.2, -0.15) is 0 Å². The maximum absolute atomic E-state index is 13.0. The summed E-state index contributed by atoms with van der Waals surface area (Å²) in [6.07, 6.45) is 2.43. The molecule has 1 saturated heterocycles. The molecule has 0 atom stereocenters. The Morgan fingerprint density at radius 3 is 2.48 bits per heavy atom. The van der Waals surface area contributed by atoms with Gasteiger partial charge in [0.05, 0.1) is 17.7 Å². The second-order valence-electron chi connectivity index (χ2n) is 7.32. The fourth-order valence-corrected chi connectivity index (χ4v) is 4.45. The van der Waals surface area contributed by atoms with Crippen molar-refractivity contribution in [3.8, 4) is 11.5 Å². The number of carbonyl (C=O) groups excluding carboxylic acids is 2. The van der Waals surface area contributed by atoms with E-state index in [0.717, 1.165) is 34.9 Å². The molecule has 0 aliphatic carbocycles. The molecule has 0 N–H and O–H groups in total. The minimum absolute atomic E-state index is 0.304. The van der Waals surface area contributed by atoms with Crippen LogP contribution in [0.5, 0.6) is 11.5 Å². The lowest BCUT2D eigenvalue weighted by Gasteiger charge is -2.16. The average molecular weight is 480 g/mol. The summed E-state index contributed by atoms with van der Waals surface area (Å²) >= 11 is 6.86. The van der Waals surface area contributed by atoms with Crippen molar-refractivity contribution in [3.05, 3.63) is 93.3 Å². The van der Waals surface area contributed by atoms with E-state index in [2.05, 4.69) is 0 Å². The van der Waals surface area contributed by atoms with Gasteiger partial charge in [0.1, 0.15) is 6.61 Å². The number of halogens is 1. The smallest absolute Gasteiger partial charge is 0.298 e. The molecule has 1 fully saturated rings. The largest absolute Gasteiger partial charge is 0.493 e. The maximum atomic E-state index is 13.0. The Bertz CT molecular complexity index is 1220. The van der Waals surface area contributed by atoms with Crippen LogP contribution >= 0.6 is 23.4 Å². The number of benzene rings is 3. The van der Waals surface area contributed by atoms with Gasteiger partial charge < -0.3 is 9.47 Å². The molecule has 33 heavy (non-hydrogen) atoms. The van der Waals surface area contributed by atoms with Crippen LogP contribution in [0.15, 0.2) is 71.6 Å². The Morgan fingerprint density at radius 2 is 1.76 bits per heavy atom. The Morgan fingerprint density at radius 1 is 1.00 bits per heavy atom. The summed E-state index contributed by atoms with van der Waals surface area (Å²) < 4.78 is 11.4. The molecule has 1 heterocycles. The molecule has 1 aliphatic rings. The van der Waals surface area contributed by atoms with Gasteiger partial charge in [0.2, 0.25) is 0 Å². The number of amides is 2. The molecular formula is C26H22ClNO4S. The van der Waals surface area contributed by atoms with Crippen LogP contribution in [0.1, 0.15) is 23.6 Å². The van der Waals surface area contributed by atoms with Gasteiger partial charge in [0.15, 0.2) is 11.5 Å². The summed E-state index contributed by atoms with van der Waals surface area (Å²) in [6, 6.07) is 20.3. The first-order chi connectivity index (χ1) is 16.0. The summed E-state index contributed by atoms with van der Waals surface area (Å²) in [4.78, 5) is 27.3. The van der Waals surface area contributed by atoms with Crippen molar-refractivity contribution < 1.29 is 19.1 Å². The number of rotatable bonds is 7. The SMILES string of the molecule is CCc1ccccc1N1C(=O)S/C(=C\c2ccc(OCc3ccc(Cl)cc3)c(OC)c2)C1=O. The first kappa shape index (κ1) is 23.0. The van der Waals surface area contributed by atoms with Crippen molar-refractivity contribution >= 4 is 46.3 Å². The molecule has 2 amide bonds. The highest BCUT2D eigenvalue weighted by Gasteiger charge is 2.37. The predicted molar refractivity (Wildman–Crippen MR) is 133 cm³/mol. The highest BCUT2D eigenvalue weighted by atomic mass is 35.5. The molecular weight excluding hydrogens is 458 g/mol. The number of hydrogen-bond acceptors (Lipinski definition) is 5. The van der Waals surface area contributed by atoms with Crippen molar-refractivity contribution in [1.82, 2.24) is 0 Å². The fourth-order valence-electron chi connectivity index (χ4n) is 3.49. The number of thioether (sulfide) groups is 1. The first-order valence-corrected chi connectivity index (χ1v) is 11.6. The summed E-state index contributed by atoms with van der Waals surface area (Å²) in [5.74, 6) is 0.788. The van der Waals surface area contributed by atoms with Gasteiger partial charge in [0.25, 0.3) is 11.1 Å². The molecule has 0 spiro atoms. The highest BCUT2D eigenvalue weighted by molar-refractivity contribution is 8.19. The van der Waals surface area contributed by atoms with E-state index in [1.807, 2.05) is 55.5 Å². The van der Waals surface area contributed by atoms with E-state index < -0.39 is 0 Å². The molecule has 4 rings (SSSR count). The molecule has 7 heteroatoms. The molecule has 168 valence electrons. The van der Waals surface area contributed by atoms with Crippen LogP contribution in [0, 0.1) is 0 Å². The van der Waals surface area contributed by atoms with Crippen molar-refractivity contribution in [3.63, 3.8) is 0 Å². The minimum atomic E-state index is -0.326. The van der Waals surface area contributed by atoms with Crippen LogP contribution in [-0.2, 0) is 17.8 Å². The molecule has 0 unspecified atom stereocenters. The zero-order valence-electron chi connectivity index (χ0n) is 18.2. The lowest BCUT2D eigenvalue weighted by atomic mass is 10.1. The average Bonchev–Trinajstić information content (AvgIpc) is 3.11. The normalized spacial score (nSPS) is 14.8. The lowest BCUT2D eigenvalue weighted by molar-refractivity contribution is -0.113. The number of carbonyl (C=O) groups is 2. The van der Waals surface area contributed by atoms with Crippen molar-refractivity contribution in [1.29, 1.82) is 0 Å². The van der Waals surface area contributed by atoms with Crippen LogP contribution in [0.25, 0.3) is 6.08 Å². The van der Waals surface area contributed by atoms with Gasteiger partial charge >= 0.3 is 0 Å². The number of imide groups is 1. The standard InChI is InChI=1S/C26H22ClNO4S/c1-3-19-6-4-5-7-21(19)28-25(29)24(33-26(28)30)15-18-10-13-22(23(14-18)31-2)32-16-17-8-11-20(27)12-9-17/h4-15H,3,16H2,1-2H3/b24-15-. The Balaban J connectivity index is 1.54. The number of anilines is 1. The maximum Gasteiger partial charge on any atom is 0.298 e. The van der Waals surface area contributed by atoms with Crippen molar-refractivity contribution in [2.24, 2.45) is 0 Å². The van der Waals surface area contributed by atoms with Crippen molar-refractivity contribution in [2.45, 2.75) is 20.0 Å². The number of hydrogen-bond donors (Lipinski definition) is 0. The van der Waals surface area contributed by atoms with Gasteiger partial charge in [-0.05, 0) is 71.3 Å². The molecule has 3 aromatic carbocycles. The molecule has 1 aliphatic heterocycles. The summed E-state index contributed by atoms with van der Waals surface area (Å²) in [5.41, 5.74) is 3.30. The molecule has 5 nitrogen and oxygen atoms in total. The monoisotopic (exact) mass is 479 g/mol. The van der Waals surface area contributed by atoms with Gasteiger partial charge in [-0.25, -0.2) is 4.90 Å². The van der Waals surface area contributed by atoms with Crippen LogP contribution in [0.4, 0.5) is 10.5 Å². The number of methoxy groups -OCH3 is 1. The molecule has 3 aromatic rings. The quantitative estimate of drug-likeness (QED) is 0.351. The lowest BCUT2D eigenvalue weighted by Crippen LogP contribution is -2.28. The summed E-state index contributed by atoms with van der Waals surface area (Å²) in [7, 11) is 1.56. The number of para-hydroxylation sites is 1. The third-order valence-electron chi connectivity index (χ3n) is 5.20. The van der Waals surface area contributed by atoms with Crippen LogP contribution in [-0.4, -0.2) is 18.3 Å². The van der Waals surface area contributed by atoms with Crippen molar-refractivity contribution in [2.75, 3.05) is 12.0 Å². The highest BCUT2D eigenvalue weighted by Crippen LogP contribution is 2.38. The Hall–Kier alpha value is -3.22. The van der Waals surface area contributed by atoms with Gasteiger partial charge in [-0.3, -0.25) is 9.59 Å². The predicted octanol–water partition coefficient (Wildman–Crippen LogP) is 6.73. The Labute approximate surface area is 202 Å². The second kappa shape index (κ2) is 10.1. The van der Waals surface area contributed by atoms with Crippen LogP contribution in [0.3, 0.4) is 0 Å². The first-order valence-electron chi connectivity index (χ1n) is 10.4.